The number of thioether (sulfide) groups is 1. The van der Waals surface area contributed by atoms with Gasteiger partial charge in [-0.1, -0.05) is 6.92 Å². The summed E-state index contributed by atoms with van der Waals surface area (Å²) in [5.74, 6) is -0.281. The third kappa shape index (κ3) is 4.36. The smallest absolute Gasteiger partial charge is 0.315 e. The van der Waals surface area contributed by atoms with E-state index in [1.165, 1.54) is 4.88 Å². The lowest BCUT2D eigenvalue weighted by atomic mass is 9.91. The monoisotopic (exact) mass is 328 g/mol. The van der Waals surface area contributed by atoms with Crippen LogP contribution < -0.4 is 5.32 Å². The molecular formula is C15H24N2O2S2. The van der Waals surface area contributed by atoms with Crippen molar-refractivity contribution in [3.05, 3.63) is 10.6 Å². The number of nitrogens with zero attached hydrogens (tertiary/aromatic N) is 1. The van der Waals surface area contributed by atoms with Crippen molar-refractivity contribution in [3.8, 4) is 0 Å². The number of carbonyl (C=O) groups is 1. The summed E-state index contributed by atoms with van der Waals surface area (Å²) in [5.41, 5.74) is 0.949. The molecule has 0 saturated heterocycles. The highest BCUT2D eigenvalue weighted by molar-refractivity contribution is 7.99. The van der Waals surface area contributed by atoms with Gasteiger partial charge in [0, 0.05) is 16.7 Å². The van der Waals surface area contributed by atoms with Gasteiger partial charge in [-0.2, -0.15) is 11.8 Å². The Hall–Kier alpha value is -0.750. The fourth-order valence-corrected chi connectivity index (χ4v) is 3.91. The lowest BCUT2D eigenvalue weighted by molar-refractivity contribution is -0.145. The molecule has 0 saturated carbocycles. The van der Waals surface area contributed by atoms with E-state index in [-0.39, 0.29) is 11.9 Å². The molecule has 1 aromatic rings. The SMILES string of the molecule is CCOC(=O)C1CCCc2sc(NCCC(C)SC)nc21. The molecule has 1 aliphatic rings. The van der Waals surface area contributed by atoms with E-state index in [0.29, 0.717) is 11.9 Å². The molecule has 0 amide bonds. The summed E-state index contributed by atoms with van der Waals surface area (Å²) in [6.45, 7) is 5.45. The zero-order valence-corrected chi connectivity index (χ0v) is 14.6. The number of aryl methyl sites for hydroxylation is 1. The number of aromatic nitrogens is 1. The lowest BCUT2D eigenvalue weighted by Crippen LogP contribution is -2.20. The summed E-state index contributed by atoms with van der Waals surface area (Å²) in [6, 6.07) is 0. The summed E-state index contributed by atoms with van der Waals surface area (Å²) < 4.78 is 5.18. The number of anilines is 1. The zero-order chi connectivity index (χ0) is 15.2. The number of nitrogens with one attached hydrogen (secondary N) is 1. The van der Waals surface area contributed by atoms with Crippen LogP contribution in [-0.4, -0.2) is 35.6 Å². The molecule has 0 bridgehead atoms. The molecule has 2 unspecified atom stereocenters. The molecule has 21 heavy (non-hydrogen) atoms. The van der Waals surface area contributed by atoms with Gasteiger partial charge in [0.2, 0.25) is 0 Å². The molecule has 0 radical (unpaired) electrons. The van der Waals surface area contributed by atoms with E-state index in [4.69, 9.17) is 4.74 Å². The van der Waals surface area contributed by atoms with Crippen molar-refractivity contribution in [2.75, 3.05) is 24.7 Å². The van der Waals surface area contributed by atoms with Gasteiger partial charge in [-0.05, 0) is 38.9 Å². The van der Waals surface area contributed by atoms with E-state index in [2.05, 4.69) is 23.5 Å². The normalized spacial score (nSPS) is 18.9. The molecule has 0 spiro atoms. The van der Waals surface area contributed by atoms with Gasteiger partial charge in [0.05, 0.1) is 12.3 Å². The Kier molecular flexibility index (Phi) is 6.36. The number of thiazole rings is 1. The molecule has 0 aliphatic heterocycles. The van der Waals surface area contributed by atoms with Gasteiger partial charge in [-0.3, -0.25) is 4.79 Å². The number of hydrogen-bond donors (Lipinski definition) is 1. The van der Waals surface area contributed by atoms with E-state index in [9.17, 15) is 4.79 Å². The number of esters is 1. The molecule has 2 atom stereocenters. The number of fused-ring (bicyclic) bond motifs is 1. The number of carbonyl (C=O) groups excluding carboxylic acids is 1. The molecule has 2 rings (SSSR count). The first kappa shape index (κ1) is 16.6. The highest BCUT2D eigenvalue weighted by Crippen LogP contribution is 2.37. The van der Waals surface area contributed by atoms with Crippen molar-refractivity contribution in [1.82, 2.24) is 4.98 Å². The van der Waals surface area contributed by atoms with Crippen LogP contribution in [0.3, 0.4) is 0 Å². The van der Waals surface area contributed by atoms with Crippen LogP contribution in [0.25, 0.3) is 0 Å². The lowest BCUT2D eigenvalue weighted by Gasteiger charge is -2.19. The van der Waals surface area contributed by atoms with E-state index < -0.39 is 0 Å². The maximum Gasteiger partial charge on any atom is 0.315 e. The van der Waals surface area contributed by atoms with Crippen LogP contribution in [0, 0.1) is 0 Å². The molecule has 1 aliphatic carbocycles. The van der Waals surface area contributed by atoms with Crippen molar-refractivity contribution in [2.24, 2.45) is 0 Å². The first-order valence-electron chi connectivity index (χ1n) is 7.58. The molecule has 1 aromatic heterocycles. The maximum atomic E-state index is 12.0. The minimum absolute atomic E-state index is 0.119. The second-order valence-electron chi connectivity index (χ2n) is 5.29. The van der Waals surface area contributed by atoms with Crippen molar-refractivity contribution < 1.29 is 9.53 Å². The minimum Gasteiger partial charge on any atom is -0.465 e. The van der Waals surface area contributed by atoms with E-state index in [0.717, 1.165) is 43.1 Å². The van der Waals surface area contributed by atoms with Gasteiger partial charge in [-0.15, -0.1) is 11.3 Å². The zero-order valence-electron chi connectivity index (χ0n) is 13.0. The fourth-order valence-electron chi connectivity index (χ4n) is 2.47. The molecule has 4 nitrogen and oxygen atoms in total. The van der Waals surface area contributed by atoms with Crippen LogP contribution in [0.4, 0.5) is 5.13 Å². The number of ether oxygens (including phenoxy) is 1. The van der Waals surface area contributed by atoms with Crippen molar-refractivity contribution in [2.45, 2.75) is 50.7 Å². The molecule has 6 heteroatoms. The highest BCUT2D eigenvalue weighted by Gasteiger charge is 2.31. The Labute approximate surface area is 135 Å². The van der Waals surface area contributed by atoms with Gasteiger partial charge >= 0.3 is 5.97 Å². The Balaban J connectivity index is 1.99. The topological polar surface area (TPSA) is 51.2 Å². The Bertz CT molecular complexity index is 476. The number of hydrogen-bond acceptors (Lipinski definition) is 6. The Morgan fingerprint density at radius 1 is 1.62 bits per heavy atom. The summed E-state index contributed by atoms with van der Waals surface area (Å²) in [7, 11) is 0. The van der Waals surface area contributed by atoms with Crippen molar-refractivity contribution in [1.29, 1.82) is 0 Å². The fraction of sp³-hybridized carbons (Fsp3) is 0.733. The van der Waals surface area contributed by atoms with Gasteiger partial charge in [-0.25, -0.2) is 4.98 Å². The van der Waals surface area contributed by atoms with Gasteiger partial charge in [0.15, 0.2) is 5.13 Å². The van der Waals surface area contributed by atoms with Crippen molar-refractivity contribution in [3.63, 3.8) is 0 Å². The van der Waals surface area contributed by atoms with Gasteiger partial charge < -0.3 is 10.1 Å². The average molecular weight is 329 g/mol. The van der Waals surface area contributed by atoms with Crippen LogP contribution in [-0.2, 0) is 16.0 Å². The van der Waals surface area contributed by atoms with Crippen LogP contribution in [0.5, 0.6) is 0 Å². The summed E-state index contributed by atoms with van der Waals surface area (Å²) in [5, 5.41) is 5.00. The third-order valence-electron chi connectivity index (χ3n) is 3.75. The van der Waals surface area contributed by atoms with E-state index >= 15 is 0 Å². The first-order chi connectivity index (χ1) is 10.2. The molecule has 1 N–H and O–H groups in total. The van der Waals surface area contributed by atoms with Crippen LogP contribution in [0.15, 0.2) is 0 Å². The summed E-state index contributed by atoms with van der Waals surface area (Å²) in [4.78, 5) is 17.9. The Morgan fingerprint density at radius 3 is 3.14 bits per heavy atom. The molecule has 0 aromatic carbocycles. The molecular weight excluding hydrogens is 304 g/mol. The minimum atomic E-state index is -0.161. The molecule has 1 heterocycles. The predicted octanol–water partition coefficient (Wildman–Crippen LogP) is 3.68. The molecule has 118 valence electrons. The summed E-state index contributed by atoms with van der Waals surface area (Å²) in [6.07, 6.45) is 6.19. The van der Waals surface area contributed by atoms with Crippen LogP contribution in [0.1, 0.15) is 49.6 Å². The third-order valence-corrected chi connectivity index (χ3v) is 5.88. The van der Waals surface area contributed by atoms with Gasteiger partial charge in [0.1, 0.15) is 5.92 Å². The first-order valence-corrected chi connectivity index (χ1v) is 9.69. The largest absolute Gasteiger partial charge is 0.465 e. The molecule has 0 fully saturated rings. The van der Waals surface area contributed by atoms with Crippen molar-refractivity contribution >= 4 is 34.2 Å². The Morgan fingerprint density at radius 2 is 2.43 bits per heavy atom. The quantitative estimate of drug-likeness (QED) is 0.774. The van der Waals surface area contributed by atoms with E-state index in [1.54, 1.807) is 11.3 Å². The second-order valence-corrected chi connectivity index (χ2v) is 7.65. The standard InChI is InChI=1S/C15H24N2O2S2/c1-4-19-14(18)11-6-5-7-12-13(11)17-15(21-12)16-9-8-10(2)20-3/h10-11H,4-9H2,1-3H3,(H,16,17). The maximum absolute atomic E-state index is 12.0. The second kappa shape index (κ2) is 8.03. The summed E-state index contributed by atoms with van der Waals surface area (Å²) >= 11 is 3.58. The number of rotatable bonds is 7. The average Bonchev–Trinajstić information content (AvgIpc) is 2.89. The predicted molar refractivity (Wildman–Crippen MR) is 90.5 cm³/mol. The highest BCUT2D eigenvalue weighted by atomic mass is 32.2. The van der Waals surface area contributed by atoms with E-state index in [1.807, 2.05) is 18.7 Å². The van der Waals surface area contributed by atoms with Gasteiger partial charge in [0.25, 0.3) is 0 Å². The van der Waals surface area contributed by atoms with Crippen LogP contribution in [0.2, 0.25) is 0 Å². The van der Waals surface area contributed by atoms with Crippen LogP contribution >= 0.6 is 23.1 Å².